The van der Waals surface area contributed by atoms with Crippen LogP contribution in [0.2, 0.25) is 0 Å². The Bertz CT molecular complexity index is 1170. The molecule has 8 nitrogen and oxygen atoms in total. The highest BCUT2D eigenvalue weighted by Gasteiger charge is 2.26. The van der Waals surface area contributed by atoms with Gasteiger partial charge in [-0.05, 0) is 93.5 Å². The van der Waals surface area contributed by atoms with Crippen LogP contribution in [0, 0.1) is 0 Å². The lowest BCUT2D eigenvalue weighted by Crippen LogP contribution is -2.08. The Morgan fingerprint density at radius 2 is 1.23 bits per heavy atom. The van der Waals surface area contributed by atoms with Crippen molar-refractivity contribution in [3.8, 4) is 17.2 Å². The first-order chi connectivity index (χ1) is 21.4. The maximum absolute atomic E-state index is 12.6. The topological polar surface area (TPSA) is 97.4 Å². The van der Waals surface area contributed by atoms with Crippen molar-refractivity contribution in [2.45, 2.75) is 89.6 Å². The first-order valence-corrected chi connectivity index (χ1v) is 15.8. The van der Waals surface area contributed by atoms with E-state index in [2.05, 4.69) is 13.2 Å². The molecule has 0 saturated carbocycles. The molecule has 2 aromatic rings. The van der Waals surface area contributed by atoms with Crippen LogP contribution >= 0.6 is 0 Å². The van der Waals surface area contributed by atoms with Gasteiger partial charge in [0.05, 0.1) is 25.4 Å². The summed E-state index contributed by atoms with van der Waals surface area (Å²) in [6.45, 7) is 8.73. The van der Waals surface area contributed by atoms with E-state index >= 15 is 0 Å². The van der Waals surface area contributed by atoms with Gasteiger partial charge in [-0.1, -0.05) is 45.3 Å². The maximum atomic E-state index is 12.6. The molecule has 0 spiro atoms. The molecule has 0 radical (unpaired) electrons. The Morgan fingerprint density at radius 1 is 0.727 bits per heavy atom. The lowest BCUT2D eigenvalue weighted by atomic mass is 10.0. The molecule has 3 rings (SSSR count). The van der Waals surface area contributed by atoms with Crippen LogP contribution in [-0.2, 0) is 19.1 Å². The van der Waals surface area contributed by atoms with Crippen LogP contribution in [0.15, 0.2) is 73.3 Å². The minimum Gasteiger partial charge on any atom is -0.494 e. The van der Waals surface area contributed by atoms with E-state index in [-0.39, 0.29) is 18.0 Å². The van der Waals surface area contributed by atoms with Crippen LogP contribution < -0.4 is 14.2 Å². The molecule has 0 N–H and O–H groups in total. The quantitative estimate of drug-likeness (QED) is 0.0577. The summed E-state index contributed by atoms with van der Waals surface area (Å²) in [6.07, 6.45) is 14.4. The standard InChI is InChI=1S/C36H46O8/c1-3-34(37)42-26-14-10-9-13-25-41-31-20-22-32(23-21-31)43-36(39)29-16-18-30(19-17-29)40-24-12-8-6-4-5-7-11-15-33-27-28(2)35(38)44-33/h3,16-23,33H,1-2,4-15,24-27H2. The van der Waals surface area contributed by atoms with Crippen LogP contribution in [0.5, 0.6) is 17.2 Å². The maximum Gasteiger partial charge on any atom is 0.343 e. The summed E-state index contributed by atoms with van der Waals surface area (Å²) < 4.78 is 27.3. The van der Waals surface area contributed by atoms with Crippen molar-refractivity contribution in [2.75, 3.05) is 19.8 Å². The summed E-state index contributed by atoms with van der Waals surface area (Å²) in [6, 6.07) is 14.0. The van der Waals surface area contributed by atoms with Gasteiger partial charge in [-0.15, -0.1) is 0 Å². The summed E-state index contributed by atoms with van der Waals surface area (Å²) in [4.78, 5) is 34.9. The number of unbranched alkanes of at least 4 members (excludes halogenated alkanes) is 9. The molecule has 1 atom stereocenters. The summed E-state index contributed by atoms with van der Waals surface area (Å²) in [5.74, 6) is 0.837. The molecular weight excluding hydrogens is 560 g/mol. The number of cyclic esters (lactones) is 1. The average molecular weight is 607 g/mol. The molecule has 1 unspecified atom stereocenters. The highest BCUT2D eigenvalue weighted by Crippen LogP contribution is 2.24. The molecule has 44 heavy (non-hydrogen) atoms. The van der Waals surface area contributed by atoms with Gasteiger partial charge >= 0.3 is 17.9 Å². The highest BCUT2D eigenvalue weighted by molar-refractivity contribution is 5.91. The summed E-state index contributed by atoms with van der Waals surface area (Å²) in [7, 11) is 0. The fourth-order valence-corrected chi connectivity index (χ4v) is 4.78. The first-order valence-electron chi connectivity index (χ1n) is 15.8. The van der Waals surface area contributed by atoms with Gasteiger partial charge in [0.25, 0.3) is 0 Å². The predicted molar refractivity (Wildman–Crippen MR) is 169 cm³/mol. The largest absolute Gasteiger partial charge is 0.494 e. The molecule has 1 aliphatic heterocycles. The van der Waals surface area contributed by atoms with Gasteiger partial charge < -0.3 is 23.7 Å². The highest BCUT2D eigenvalue weighted by atomic mass is 16.6. The number of hydrogen-bond acceptors (Lipinski definition) is 8. The van der Waals surface area contributed by atoms with E-state index in [0.29, 0.717) is 48.9 Å². The molecule has 8 heteroatoms. The molecular formula is C36H46O8. The predicted octanol–water partition coefficient (Wildman–Crippen LogP) is 7.95. The van der Waals surface area contributed by atoms with E-state index < -0.39 is 5.97 Å². The van der Waals surface area contributed by atoms with E-state index in [4.69, 9.17) is 23.7 Å². The zero-order valence-corrected chi connectivity index (χ0v) is 25.8. The number of benzene rings is 2. The van der Waals surface area contributed by atoms with Crippen LogP contribution in [0.25, 0.3) is 0 Å². The van der Waals surface area contributed by atoms with Crippen molar-refractivity contribution < 1.29 is 38.1 Å². The lowest BCUT2D eigenvalue weighted by Gasteiger charge is -2.09. The van der Waals surface area contributed by atoms with Gasteiger partial charge in [0.2, 0.25) is 0 Å². The Balaban J connectivity index is 1.19. The Kier molecular flexibility index (Phi) is 15.6. The molecule has 0 amide bonds. The van der Waals surface area contributed by atoms with Crippen molar-refractivity contribution in [3.63, 3.8) is 0 Å². The van der Waals surface area contributed by atoms with E-state index in [9.17, 15) is 14.4 Å². The fourth-order valence-electron chi connectivity index (χ4n) is 4.78. The third-order valence-corrected chi connectivity index (χ3v) is 7.32. The zero-order valence-electron chi connectivity index (χ0n) is 25.8. The van der Waals surface area contributed by atoms with Crippen molar-refractivity contribution in [3.05, 3.63) is 78.9 Å². The number of carbonyl (C=O) groups excluding carboxylic acids is 3. The van der Waals surface area contributed by atoms with E-state index in [1.165, 1.54) is 25.3 Å². The van der Waals surface area contributed by atoms with E-state index in [1.54, 1.807) is 48.5 Å². The number of carbonyl (C=O) groups is 3. The summed E-state index contributed by atoms with van der Waals surface area (Å²) >= 11 is 0. The average Bonchev–Trinajstić information content (AvgIpc) is 3.36. The van der Waals surface area contributed by atoms with Gasteiger partial charge in [0.15, 0.2) is 0 Å². The molecule has 1 saturated heterocycles. The summed E-state index contributed by atoms with van der Waals surface area (Å²) in [5, 5.41) is 0. The minimum absolute atomic E-state index is 0.0352. The van der Waals surface area contributed by atoms with E-state index in [1.807, 2.05) is 0 Å². The molecule has 0 aliphatic carbocycles. The molecule has 0 bridgehead atoms. The number of ether oxygens (including phenoxy) is 5. The normalized spacial score (nSPS) is 14.1. The van der Waals surface area contributed by atoms with Crippen LogP contribution in [0.1, 0.15) is 93.8 Å². The molecule has 1 fully saturated rings. The number of hydrogen-bond donors (Lipinski definition) is 0. The number of rotatable bonds is 22. The number of esters is 3. The second-order valence-electron chi connectivity index (χ2n) is 11.0. The Hall–Kier alpha value is -4.07. The monoisotopic (exact) mass is 606 g/mol. The molecule has 1 aliphatic rings. The first kappa shape index (κ1) is 34.4. The van der Waals surface area contributed by atoms with Gasteiger partial charge in [0, 0.05) is 18.1 Å². The molecule has 2 aromatic carbocycles. The third-order valence-electron chi connectivity index (χ3n) is 7.32. The van der Waals surface area contributed by atoms with Crippen molar-refractivity contribution in [1.82, 2.24) is 0 Å². The van der Waals surface area contributed by atoms with Crippen LogP contribution in [-0.4, -0.2) is 43.8 Å². The van der Waals surface area contributed by atoms with Gasteiger partial charge in [-0.3, -0.25) is 0 Å². The van der Waals surface area contributed by atoms with Crippen molar-refractivity contribution in [2.24, 2.45) is 0 Å². The van der Waals surface area contributed by atoms with Crippen LogP contribution in [0.3, 0.4) is 0 Å². The van der Waals surface area contributed by atoms with Crippen LogP contribution in [0.4, 0.5) is 0 Å². The van der Waals surface area contributed by atoms with E-state index in [0.717, 1.165) is 63.5 Å². The Morgan fingerprint density at radius 3 is 1.77 bits per heavy atom. The minimum atomic E-state index is -0.432. The SMILES string of the molecule is C=CC(=O)OCCCCCCOc1ccc(OC(=O)c2ccc(OCCCCCCCCCC3CC(=C)C(=O)O3)cc2)cc1. The second-order valence-corrected chi connectivity index (χ2v) is 11.0. The van der Waals surface area contributed by atoms with Gasteiger partial charge in [0.1, 0.15) is 23.4 Å². The van der Waals surface area contributed by atoms with Gasteiger partial charge in [-0.2, -0.15) is 0 Å². The fraction of sp³-hybridized carbons (Fsp3) is 0.472. The van der Waals surface area contributed by atoms with Crippen molar-refractivity contribution >= 4 is 17.9 Å². The third kappa shape index (κ3) is 13.5. The van der Waals surface area contributed by atoms with Crippen molar-refractivity contribution in [1.29, 1.82) is 0 Å². The molecule has 0 aromatic heterocycles. The zero-order chi connectivity index (χ0) is 31.4. The van der Waals surface area contributed by atoms with Gasteiger partial charge in [-0.25, -0.2) is 14.4 Å². The molecule has 238 valence electrons. The molecule has 1 heterocycles. The Labute approximate surface area is 261 Å². The smallest absolute Gasteiger partial charge is 0.343 e. The second kappa shape index (κ2) is 20.0. The summed E-state index contributed by atoms with van der Waals surface area (Å²) in [5.41, 5.74) is 1.05. The lowest BCUT2D eigenvalue weighted by molar-refractivity contribution is -0.139.